The maximum atomic E-state index is 13.4. The van der Waals surface area contributed by atoms with Crippen LogP contribution in [0.3, 0.4) is 0 Å². The summed E-state index contributed by atoms with van der Waals surface area (Å²) in [6.07, 6.45) is 0. The predicted octanol–water partition coefficient (Wildman–Crippen LogP) is 3.88. The normalized spacial score (nSPS) is 12.0. The monoisotopic (exact) mass is 391 g/mol. The first-order valence-corrected chi connectivity index (χ1v) is 8.98. The summed E-state index contributed by atoms with van der Waals surface area (Å²) in [7, 11) is 0. The van der Waals surface area contributed by atoms with Crippen molar-refractivity contribution in [3.8, 4) is 5.69 Å². The molecule has 0 fully saturated rings. The molecule has 1 amide bonds. The van der Waals surface area contributed by atoms with Crippen molar-refractivity contribution in [2.24, 2.45) is 0 Å². The summed E-state index contributed by atoms with van der Waals surface area (Å²) in [6, 6.07) is 11.2. The average Bonchev–Trinajstić information content (AvgIpc) is 3.06. The molecule has 3 rings (SSSR count). The van der Waals surface area contributed by atoms with E-state index in [1.807, 2.05) is 13.0 Å². The second kappa shape index (κ2) is 7.84. The molecule has 1 N–H and O–H groups in total. The van der Waals surface area contributed by atoms with Crippen molar-refractivity contribution in [1.82, 2.24) is 20.2 Å². The van der Waals surface area contributed by atoms with Gasteiger partial charge in [0.05, 0.1) is 10.9 Å². The van der Waals surface area contributed by atoms with Crippen molar-refractivity contribution >= 4 is 35.0 Å². The van der Waals surface area contributed by atoms with Crippen LogP contribution in [0.15, 0.2) is 47.6 Å². The number of amides is 1. The average molecular weight is 392 g/mol. The van der Waals surface area contributed by atoms with E-state index in [1.54, 1.807) is 31.2 Å². The fourth-order valence-corrected chi connectivity index (χ4v) is 3.18. The Hall–Kier alpha value is -2.45. The lowest BCUT2D eigenvalue weighted by molar-refractivity contribution is -0.115. The predicted molar refractivity (Wildman–Crippen MR) is 99.2 cm³/mol. The molecule has 0 aliphatic heterocycles. The molecular weight excluding hydrogens is 377 g/mol. The molecule has 0 aliphatic rings. The van der Waals surface area contributed by atoms with Crippen molar-refractivity contribution in [1.29, 1.82) is 0 Å². The number of benzene rings is 2. The molecule has 1 aromatic heterocycles. The lowest BCUT2D eigenvalue weighted by Crippen LogP contribution is -2.23. The second-order valence-electron chi connectivity index (χ2n) is 5.56. The summed E-state index contributed by atoms with van der Waals surface area (Å²) >= 11 is 7.15. The fourth-order valence-electron chi connectivity index (χ4n) is 2.20. The van der Waals surface area contributed by atoms with Crippen molar-refractivity contribution in [3.05, 3.63) is 58.9 Å². The number of nitrogens with zero attached hydrogens (tertiary/aromatic N) is 4. The van der Waals surface area contributed by atoms with Gasteiger partial charge in [-0.3, -0.25) is 4.79 Å². The lowest BCUT2D eigenvalue weighted by Gasteiger charge is -2.13. The summed E-state index contributed by atoms with van der Waals surface area (Å²) in [4.78, 5) is 12.5. The molecule has 1 unspecified atom stereocenters. The van der Waals surface area contributed by atoms with Crippen LogP contribution in [0.2, 0.25) is 5.02 Å². The molecule has 1 atom stereocenters. The van der Waals surface area contributed by atoms with Gasteiger partial charge in [0, 0.05) is 10.7 Å². The Bertz CT molecular complexity index is 948. The number of hydrogen-bond donors (Lipinski definition) is 1. The maximum absolute atomic E-state index is 13.4. The Balaban J connectivity index is 1.74. The maximum Gasteiger partial charge on any atom is 0.237 e. The van der Waals surface area contributed by atoms with E-state index in [0.717, 1.165) is 5.56 Å². The number of aryl methyl sites for hydroxylation is 1. The van der Waals surface area contributed by atoms with Crippen molar-refractivity contribution in [2.45, 2.75) is 24.3 Å². The van der Waals surface area contributed by atoms with Crippen LogP contribution < -0.4 is 5.32 Å². The zero-order valence-electron chi connectivity index (χ0n) is 14.0. The molecule has 3 aromatic rings. The van der Waals surface area contributed by atoms with Crippen LogP contribution in [0.4, 0.5) is 10.1 Å². The zero-order valence-corrected chi connectivity index (χ0v) is 15.6. The van der Waals surface area contributed by atoms with Crippen molar-refractivity contribution in [2.75, 3.05) is 5.32 Å². The molecule has 0 saturated carbocycles. The van der Waals surface area contributed by atoms with Gasteiger partial charge in [-0.1, -0.05) is 35.5 Å². The van der Waals surface area contributed by atoms with E-state index < -0.39 is 11.1 Å². The van der Waals surface area contributed by atoms with Crippen LogP contribution in [0.5, 0.6) is 0 Å². The number of rotatable bonds is 5. The van der Waals surface area contributed by atoms with Gasteiger partial charge in [-0.15, -0.1) is 5.10 Å². The minimum Gasteiger partial charge on any atom is -0.325 e. The summed E-state index contributed by atoms with van der Waals surface area (Å²) in [6.45, 7) is 3.62. The van der Waals surface area contributed by atoms with Crippen LogP contribution in [0, 0.1) is 12.7 Å². The van der Waals surface area contributed by atoms with E-state index in [9.17, 15) is 9.18 Å². The number of anilines is 1. The van der Waals surface area contributed by atoms with Gasteiger partial charge >= 0.3 is 0 Å². The Morgan fingerprint density at radius 2 is 2.12 bits per heavy atom. The first-order valence-electron chi connectivity index (χ1n) is 7.72. The summed E-state index contributed by atoms with van der Waals surface area (Å²) in [5, 5.41) is 14.7. The summed E-state index contributed by atoms with van der Waals surface area (Å²) in [5.74, 6) is -0.606. The van der Waals surface area contributed by atoms with E-state index in [2.05, 4.69) is 20.8 Å². The van der Waals surface area contributed by atoms with Crippen molar-refractivity contribution < 1.29 is 9.18 Å². The molecule has 0 aliphatic carbocycles. The molecular formula is C17H15ClFN5OS. The van der Waals surface area contributed by atoms with Gasteiger partial charge in [0.25, 0.3) is 0 Å². The molecule has 2 aromatic carbocycles. The van der Waals surface area contributed by atoms with Gasteiger partial charge in [0.1, 0.15) is 5.82 Å². The van der Waals surface area contributed by atoms with Crippen LogP contribution in [0.25, 0.3) is 5.69 Å². The summed E-state index contributed by atoms with van der Waals surface area (Å²) in [5.41, 5.74) is 2.04. The number of halogens is 2. The van der Waals surface area contributed by atoms with Crippen molar-refractivity contribution in [3.63, 3.8) is 0 Å². The standard InChI is InChI=1S/C17H15ClFN5OS/c1-10-6-7-12(18)8-15(10)20-16(25)11(2)26-17-21-22-23-24(17)14-5-3-4-13(19)9-14/h3-9,11H,1-2H3,(H,20,25). The zero-order chi connectivity index (χ0) is 18.7. The molecule has 9 heteroatoms. The third-order valence-electron chi connectivity index (χ3n) is 3.60. The van der Waals surface area contributed by atoms with Crippen LogP contribution >= 0.6 is 23.4 Å². The number of carbonyl (C=O) groups excluding carboxylic acids is 1. The van der Waals surface area contributed by atoms with Gasteiger partial charge in [0.15, 0.2) is 0 Å². The Morgan fingerprint density at radius 1 is 1.31 bits per heavy atom. The molecule has 6 nitrogen and oxygen atoms in total. The Morgan fingerprint density at radius 3 is 2.88 bits per heavy atom. The lowest BCUT2D eigenvalue weighted by atomic mass is 10.2. The van der Waals surface area contributed by atoms with Gasteiger partial charge in [-0.25, -0.2) is 4.39 Å². The first-order chi connectivity index (χ1) is 12.4. The van der Waals surface area contributed by atoms with E-state index >= 15 is 0 Å². The molecule has 0 radical (unpaired) electrons. The number of hydrogen-bond acceptors (Lipinski definition) is 5. The Kier molecular flexibility index (Phi) is 5.53. The molecule has 26 heavy (non-hydrogen) atoms. The highest BCUT2D eigenvalue weighted by atomic mass is 35.5. The van der Waals surface area contributed by atoms with Crippen LogP contribution in [0.1, 0.15) is 12.5 Å². The van der Waals surface area contributed by atoms with Crippen LogP contribution in [-0.2, 0) is 4.79 Å². The highest BCUT2D eigenvalue weighted by Gasteiger charge is 2.20. The minimum atomic E-state index is -0.480. The smallest absolute Gasteiger partial charge is 0.237 e. The van der Waals surface area contributed by atoms with Gasteiger partial charge in [0.2, 0.25) is 11.1 Å². The SMILES string of the molecule is Cc1ccc(Cl)cc1NC(=O)C(C)Sc1nnnn1-c1cccc(F)c1. The molecule has 0 spiro atoms. The number of carbonyl (C=O) groups is 1. The van der Waals surface area contributed by atoms with E-state index in [4.69, 9.17) is 11.6 Å². The minimum absolute atomic E-state index is 0.214. The first kappa shape index (κ1) is 18.3. The molecule has 134 valence electrons. The Labute approximate surface area is 158 Å². The van der Waals surface area contributed by atoms with E-state index in [0.29, 0.717) is 21.6 Å². The quantitative estimate of drug-likeness (QED) is 0.668. The second-order valence-corrected chi connectivity index (χ2v) is 7.31. The molecule has 0 bridgehead atoms. The summed E-state index contributed by atoms with van der Waals surface area (Å²) < 4.78 is 14.8. The number of thioether (sulfide) groups is 1. The third-order valence-corrected chi connectivity index (χ3v) is 4.87. The van der Waals surface area contributed by atoms with Gasteiger partial charge < -0.3 is 5.32 Å². The van der Waals surface area contributed by atoms with E-state index in [-0.39, 0.29) is 5.91 Å². The highest BCUT2D eigenvalue weighted by molar-refractivity contribution is 8.00. The number of tetrazole rings is 1. The van der Waals surface area contributed by atoms with Gasteiger partial charge in [-0.05, 0) is 60.2 Å². The number of nitrogens with one attached hydrogen (secondary N) is 1. The van der Waals surface area contributed by atoms with Crippen LogP contribution in [-0.4, -0.2) is 31.4 Å². The number of aromatic nitrogens is 4. The van der Waals surface area contributed by atoms with E-state index in [1.165, 1.54) is 28.6 Å². The highest BCUT2D eigenvalue weighted by Crippen LogP contribution is 2.25. The third kappa shape index (κ3) is 4.20. The fraction of sp³-hybridized carbons (Fsp3) is 0.176. The molecule has 0 saturated heterocycles. The molecule has 1 heterocycles. The van der Waals surface area contributed by atoms with Gasteiger partial charge in [-0.2, -0.15) is 4.68 Å². The topological polar surface area (TPSA) is 72.7 Å². The largest absolute Gasteiger partial charge is 0.325 e.